The van der Waals surface area contributed by atoms with Crippen LogP contribution in [0.4, 0.5) is 0 Å². The molecular weight excluding hydrogens is 372 g/mol. The van der Waals surface area contributed by atoms with Crippen LogP contribution < -0.4 is 5.32 Å². The van der Waals surface area contributed by atoms with Crippen LogP contribution in [0.25, 0.3) is 21.8 Å². The highest BCUT2D eigenvalue weighted by Crippen LogP contribution is 2.19. The van der Waals surface area contributed by atoms with Crippen molar-refractivity contribution in [1.29, 1.82) is 0 Å². The molecule has 30 heavy (non-hydrogen) atoms. The molecule has 0 unspecified atom stereocenters. The van der Waals surface area contributed by atoms with Crippen LogP contribution in [0, 0.1) is 0 Å². The number of para-hydroxylation sites is 2. The van der Waals surface area contributed by atoms with Crippen molar-refractivity contribution in [1.82, 2.24) is 20.2 Å². The van der Waals surface area contributed by atoms with Gasteiger partial charge in [0.25, 0.3) is 5.91 Å². The molecule has 0 radical (unpaired) electrons. The zero-order chi connectivity index (χ0) is 20.3. The molecule has 5 heteroatoms. The van der Waals surface area contributed by atoms with Gasteiger partial charge in [-0.2, -0.15) is 0 Å². The number of likely N-dealkylation sites (tertiary alicyclic amines) is 1. The molecule has 2 N–H and O–H groups in total. The number of fused-ring (bicyclic) bond motifs is 2. The van der Waals surface area contributed by atoms with Crippen LogP contribution in [0.2, 0.25) is 0 Å². The van der Waals surface area contributed by atoms with Crippen molar-refractivity contribution in [2.45, 2.75) is 25.3 Å². The van der Waals surface area contributed by atoms with Crippen LogP contribution in [0.3, 0.4) is 0 Å². The molecule has 0 atom stereocenters. The lowest BCUT2D eigenvalue weighted by atomic mass is 10.0. The van der Waals surface area contributed by atoms with Gasteiger partial charge in [0, 0.05) is 54.4 Å². The highest BCUT2D eigenvalue weighted by Gasteiger charge is 2.21. The molecule has 5 rings (SSSR count). The maximum atomic E-state index is 12.7. The molecule has 0 aliphatic carbocycles. The molecule has 2 aromatic heterocycles. The minimum absolute atomic E-state index is 0.0227. The molecule has 1 amide bonds. The second-order valence-corrected chi connectivity index (χ2v) is 8.12. The van der Waals surface area contributed by atoms with Gasteiger partial charge >= 0.3 is 0 Å². The Morgan fingerprint density at radius 1 is 1.10 bits per heavy atom. The highest BCUT2D eigenvalue weighted by molar-refractivity contribution is 5.97. The number of hydrogen-bond acceptors (Lipinski definition) is 3. The fourth-order valence-electron chi connectivity index (χ4n) is 4.38. The van der Waals surface area contributed by atoms with Crippen molar-refractivity contribution in [3.63, 3.8) is 0 Å². The number of amides is 1. The Labute approximate surface area is 176 Å². The summed E-state index contributed by atoms with van der Waals surface area (Å²) in [5.41, 5.74) is 4.13. The summed E-state index contributed by atoms with van der Waals surface area (Å²) < 4.78 is 0. The van der Waals surface area contributed by atoms with Gasteiger partial charge in [-0.1, -0.05) is 36.4 Å². The Balaban J connectivity index is 1.13. The van der Waals surface area contributed by atoms with E-state index in [1.54, 1.807) is 6.20 Å². The van der Waals surface area contributed by atoms with Crippen LogP contribution in [-0.4, -0.2) is 46.5 Å². The highest BCUT2D eigenvalue weighted by atomic mass is 16.1. The molecule has 2 aromatic carbocycles. The van der Waals surface area contributed by atoms with Gasteiger partial charge in [-0.15, -0.1) is 0 Å². The Morgan fingerprint density at radius 3 is 2.80 bits per heavy atom. The number of hydrogen-bond donors (Lipinski definition) is 2. The topological polar surface area (TPSA) is 61.0 Å². The molecule has 1 aliphatic heterocycles. The zero-order valence-electron chi connectivity index (χ0n) is 17.0. The third kappa shape index (κ3) is 3.94. The fourth-order valence-corrected chi connectivity index (χ4v) is 4.38. The number of benzene rings is 2. The van der Waals surface area contributed by atoms with Gasteiger partial charge in [-0.25, -0.2) is 0 Å². The minimum Gasteiger partial charge on any atom is -0.361 e. The summed E-state index contributed by atoms with van der Waals surface area (Å²) >= 11 is 0. The van der Waals surface area contributed by atoms with Crippen molar-refractivity contribution in [3.8, 4) is 0 Å². The number of aromatic nitrogens is 2. The van der Waals surface area contributed by atoms with Gasteiger partial charge in [-0.05, 0) is 43.0 Å². The van der Waals surface area contributed by atoms with E-state index in [0.717, 1.165) is 49.8 Å². The van der Waals surface area contributed by atoms with Gasteiger partial charge < -0.3 is 15.2 Å². The smallest absolute Gasteiger partial charge is 0.253 e. The maximum absolute atomic E-state index is 12.7. The molecule has 0 bridgehead atoms. The average Bonchev–Trinajstić information content (AvgIpc) is 3.21. The largest absolute Gasteiger partial charge is 0.361 e. The van der Waals surface area contributed by atoms with E-state index in [9.17, 15) is 4.79 Å². The first-order chi connectivity index (χ1) is 14.8. The number of pyridine rings is 1. The summed E-state index contributed by atoms with van der Waals surface area (Å²) in [6.07, 6.45) is 6.83. The second-order valence-electron chi connectivity index (χ2n) is 8.12. The molecule has 1 saturated heterocycles. The molecule has 152 valence electrons. The van der Waals surface area contributed by atoms with Gasteiger partial charge in [0.1, 0.15) is 0 Å². The van der Waals surface area contributed by atoms with E-state index in [-0.39, 0.29) is 11.9 Å². The summed E-state index contributed by atoms with van der Waals surface area (Å²) in [7, 11) is 0. The Morgan fingerprint density at radius 2 is 1.90 bits per heavy atom. The Kier molecular flexibility index (Phi) is 5.20. The van der Waals surface area contributed by atoms with Crippen molar-refractivity contribution in [2.24, 2.45) is 0 Å². The summed E-state index contributed by atoms with van der Waals surface area (Å²) in [5.74, 6) is -0.0227. The van der Waals surface area contributed by atoms with Crippen LogP contribution >= 0.6 is 0 Å². The van der Waals surface area contributed by atoms with E-state index >= 15 is 0 Å². The molecule has 1 fully saturated rings. The summed E-state index contributed by atoms with van der Waals surface area (Å²) in [6.45, 7) is 3.09. The van der Waals surface area contributed by atoms with Gasteiger partial charge in [0.05, 0.1) is 11.1 Å². The number of nitrogens with one attached hydrogen (secondary N) is 2. The third-order valence-electron chi connectivity index (χ3n) is 6.15. The van der Waals surface area contributed by atoms with Gasteiger partial charge in [0.2, 0.25) is 0 Å². The van der Waals surface area contributed by atoms with E-state index in [4.69, 9.17) is 0 Å². The molecule has 0 saturated carbocycles. The standard InChI is InChI=1S/C25H26N4O/c30-25(20-15-18-5-1-3-7-23(18)26-17-20)28-21-10-13-29(14-11-21)12-9-19-16-27-24-8-4-2-6-22(19)24/h1-8,15-17,21,27H,9-14H2,(H,28,30). The average molecular weight is 399 g/mol. The zero-order valence-corrected chi connectivity index (χ0v) is 17.0. The van der Waals surface area contributed by atoms with E-state index in [0.29, 0.717) is 5.56 Å². The maximum Gasteiger partial charge on any atom is 0.253 e. The van der Waals surface area contributed by atoms with Crippen molar-refractivity contribution in [2.75, 3.05) is 19.6 Å². The van der Waals surface area contributed by atoms with Crippen molar-refractivity contribution < 1.29 is 4.79 Å². The molecule has 4 aromatic rings. The van der Waals surface area contributed by atoms with Crippen LogP contribution in [0.15, 0.2) is 67.0 Å². The number of H-pyrrole nitrogens is 1. The van der Waals surface area contributed by atoms with E-state index in [2.05, 4.69) is 50.6 Å². The SMILES string of the molecule is O=C(NC1CCN(CCc2c[nH]c3ccccc23)CC1)c1cnc2ccccc2c1. The van der Waals surface area contributed by atoms with Crippen molar-refractivity contribution >= 4 is 27.7 Å². The predicted octanol–water partition coefficient (Wildman–Crippen LogP) is 4.15. The number of carbonyl (C=O) groups is 1. The lowest BCUT2D eigenvalue weighted by molar-refractivity contribution is 0.0911. The van der Waals surface area contributed by atoms with E-state index in [1.807, 2.05) is 30.3 Å². The van der Waals surface area contributed by atoms with Gasteiger partial charge in [0.15, 0.2) is 0 Å². The first-order valence-electron chi connectivity index (χ1n) is 10.7. The molecule has 5 nitrogen and oxygen atoms in total. The number of aromatic amines is 1. The summed E-state index contributed by atoms with van der Waals surface area (Å²) in [5, 5.41) is 5.52. The Hall–Kier alpha value is -3.18. The predicted molar refractivity (Wildman–Crippen MR) is 121 cm³/mol. The van der Waals surface area contributed by atoms with E-state index in [1.165, 1.54) is 16.5 Å². The third-order valence-corrected chi connectivity index (χ3v) is 6.15. The van der Waals surface area contributed by atoms with Crippen molar-refractivity contribution in [3.05, 3.63) is 78.1 Å². The number of nitrogens with zero attached hydrogens (tertiary/aromatic N) is 2. The monoisotopic (exact) mass is 398 g/mol. The lowest BCUT2D eigenvalue weighted by Gasteiger charge is -2.32. The summed E-state index contributed by atoms with van der Waals surface area (Å²) in [4.78, 5) is 22.9. The lowest BCUT2D eigenvalue weighted by Crippen LogP contribution is -2.45. The van der Waals surface area contributed by atoms with Crippen LogP contribution in [-0.2, 0) is 6.42 Å². The molecular formula is C25H26N4O. The van der Waals surface area contributed by atoms with Crippen LogP contribution in [0.5, 0.6) is 0 Å². The normalized spacial score (nSPS) is 15.6. The summed E-state index contributed by atoms with van der Waals surface area (Å²) in [6, 6.07) is 18.5. The van der Waals surface area contributed by atoms with E-state index < -0.39 is 0 Å². The fraction of sp³-hybridized carbons (Fsp3) is 0.280. The van der Waals surface area contributed by atoms with Gasteiger partial charge in [-0.3, -0.25) is 9.78 Å². The second kappa shape index (κ2) is 8.28. The molecule has 3 heterocycles. The quantitative estimate of drug-likeness (QED) is 0.531. The molecule has 1 aliphatic rings. The molecule has 0 spiro atoms. The number of piperidine rings is 1. The minimum atomic E-state index is -0.0227. The number of rotatable bonds is 5. The first-order valence-corrected chi connectivity index (χ1v) is 10.7. The van der Waals surface area contributed by atoms with Crippen LogP contribution in [0.1, 0.15) is 28.8 Å². The number of carbonyl (C=O) groups excluding carboxylic acids is 1. The first kappa shape index (κ1) is 18.8. The Bertz CT molecular complexity index is 1170.